The molecule has 2 N–H and O–H groups in total. The van der Waals surface area contributed by atoms with Gasteiger partial charge in [-0.05, 0) is 37.3 Å². The molecule has 0 radical (unpaired) electrons. The number of hydrogen-bond donors (Lipinski definition) is 2. The summed E-state index contributed by atoms with van der Waals surface area (Å²) >= 11 is 0. The van der Waals surface area contributed by atoms with Gasteiger partial charge in [0.15, 0.2) is 5.76 Å². The number of carbonyl (C=O) groups excluding carboxylic acids is 1. The number of carbonyl (C=O) groups is 2. The maximum absolute atomic E-state index is 12.6. The Morgan fingerprint density at radius 1 is 1.33 bits per heavy atom. The predicted octanol–water partition coefficient (Wildman–Crippen LogP) is 3.52. The second kappa shape index (κ2) is 6.15. The van der Waals surface area contributed by atoms with Crippen LogP contribution in [-0.2, 0) is 18.4 Å². The van der Waals surface area contributed by atoms with Crippen molar-refractivity contribution in [3.05, 3.63) is 58.5 Å². The lowest BCUT2D eigenvalue weighted by Gasteiger charge is -2.36. The summed E-state index contributed by atoms with van der Waals surface area (Å²) in [5.41, 5.74) is 1.93. The third kappa shape index (κ3) is 2.82. The lowest BCUT2D eigenvalue weighted by molar-refractivity contribution is 0.0694. The molecule has 1 amide bonds. The topological polar surface area (TPSA) is 79.5 Å². The van der Waals surface area contributed by atoms with E-state index < -0.39 is 11.5 Å². The van der Waals surface area contributed by atoms with Crippen molar-refractivity contribution in [1.29, 1.82) is 0 Å². The molecular formula is C19H21NO4. The number of amides is 1. The molecule has 0 fully saturated rings. The Labute approximate surface area is 140 Å². The van der Waals surface area contributed by atoms with Crippen LogP contribution in [0, 0.1) is 0 Å². The summed E-state index contributed by atoms with van der Waals surface area (Å²) < 4.78 is 5.47. The number of aryl methyl sites for hydroxylation is 2. The van der Waals surface area contributed by atoms with Gasteiger partial charge in [0.05, 0.1) is 5.54 Å². The van der Waals surface area contributed by atoms with Gasteiger partial charge in [-0.25, -0.2) is 4.79 Å². The van der Waals surface area contributed by atoms with Crippen LogP contribution in [0.5, 0.6) is 0 Å². The van der Waals surface area contributed by atoms with E-state index in [2.05, 4.69) is 11.4 Å². The molecule has 1 aromatic carbocycles. The monoisotopic (exact) mass is 327 g/mol. The summed E-state index contributed by atoms with van der Waals surface area (Å²) in [7, 11) is 0. The number of fused-ring (bicyclic) bond motifs is 1. The first-order valence-corrected chi connectivity index (χ1v) is 8.21. The molecule has 0 aliphatic heterocycles. The van der Waals surface area contributed by atoms with E-state index in [-0.39, 0.29) is 17.2 Å². The zero-order valence-corrected chi connectivity index (χ0v) is 13.9. The van der Waals surface area contributed by atoms with Crippen LogP contribution in [0.25, 0.3) is 0 Å². The third-order valence-electron chi connectivity index (χ3n) is 4.71. The van der Waals surface area contributed by atoms with Gasteiger partial charge in [-0.2, -0.15) is 0 Å². The van der Waals surface area contributed by atoms with Gasteiger partial charge in [0, 0.05) is 12.5 Å². The molecule has 5 heteroatoms. The molecule has 1 atom stereocenters. The molecular weight excluding hydrogens is 306 g/mol. The highest BCUT2D eigenvalue weighted by Gasteiger charge is 2.34. The van der Waals surface area contributed by atoms with Gasteiger partial charge in [0.1, 0.15) is 11.3 Å². The molecule has 0 bridgehead atoms. The van der Waals surface area contributed by atoms with Gasteiger partial charge in [-0.3, -0.25) is 4.79 Å². The summed E-state index contributed by atoms with van der Waals surface area (Å²) in [6, 6.07) is 9.42. The molecule has 5 nitrogen and oxygen atoms in total. The predicted molar refractivity (Wildman–Crippen MR) is 89.2 cm³/mol. The number of aromatic carboxylic acids is 1. The van der Waals surface area contributed by atoms with Crippen LogP contribution in [-0.4, -0.2) is 17.0 Å². The summed E-state index contributed by atoms with van der Waals surface area (Å²) in [4.78, 5) is 23.9. The van der Waals surface area contributed by atoms with Crippen molar-refractivity contribution in [1.82, 2.24) is 5.32 Å². The van der Waals surface area contributed by atoms with Gasteiger partial charge in [-0.1, -0.05) is 31.2 Å². The minimum absolute atomic E-state index is 0.0496. The third-order valence-corrected chi connectivity index (χ3v) is 4.71. The number of furan rings is 1. The standard InChI is InChI=1S/C19H21NO4/c1-3-15-13(18(22)23)11-16(24-15)17(21)20-19(2)10-6-8-12-7-4-5-9-14(12)19/h4-5,7,9,11H,3,6,8,10H2,1-2H3,(H,20,21)(H,22,23). The molecule has 2 aromatic rings. The Morgan fingerprint density at radius 3 is 2.75 bits per heavy atom. The van der Waals surface area contributed by atoms with Crippen LogP contribution >= 0.6 is 0 Å². The fourth-order valence-corrected chi connectivity index (χ4v) is 3.47. The first kappa shape index (κ1) is 16.3. The molecule has 1 aliphatic rings. The lowest BCUT2D eigenvalue weighted by atomic mass is 9.77. The van der Waals surface area contributed by atoms with E-state index in [0.29, 0.717) is 12.2 Å². The highest BCUT2D eigenvalue weighted by molar-refractivity contribution is 5.96. The largest absolute Gasteiger partial charge is 0.478 e. The van der Waals surface area contributed by atoms with Crippen molar-refractivity contribution in [2.45, 2.75) is 45.1 Å². The van der Waals surface area contributed by atoms with Gasteiger partial charge in [0.25, 0.3) is 5.91 Å². The zero-order chi connectivity index (χ0) is 17.3. The molecule has 3 rings (SSSR count). The highest BCUT2D eigenvalue weighted by atomic mass is 16.4. The first-order valence-electron chi connectivity index (χ1n) is 8.21. The van der Waals surface area contributed by atoms with Gasteiger partial charge < -0.3 is 14.8 Å². The van der Waals surface area contributed by atoms with Crippen molar-refractivity contribution in [3.8, 4) is 0 Å². The molecule has 126 valence electrons. The molecule has 1 aliphatic carbocycles. The van der Waals surface area contributed by atoms with Crippen LogP contribution in [0.15, 0.2) is 34.7 Å². The van der Waals surface area contributed by atoms with Gasteiger partial charge in [0.2, 0.25) is 0 Å². The molecule has 0 saturated carbocycles. The van der Waals surface area contributed by atoms with Crippen LogP contribution in [0.1, 0.15) is 64.5 Å². The van der Waals surface area contributed by atoms with Crippen molar-refractivity contribution in [3.63, 3.8) is 0 Å². The average molecular weight is 327 g/mol. The molecule has 0 spiro atoms. The number of benzene rings is 1. The molecule has 0 saturated heterocycles. The highest BCUT2D eigenvalue weighted by Crippen LogP contribution is 2.35. The van der Waals surface area contributed by atoms with E-state index in [1.807, 2.05) is 25.1 Å². The number of nitrogens with one attached hydrogen (secondary N) is 1. The molecule has 1 aromatic heterocycles. The quantitative estimate of drug-likeness (QED) is 0.900. The fourth-order valence-electron chi connectivity index (χ4n) is 3.47. The Balaban J connectivity index is 1.89. The van der Waals surface area contributed by atoms with Crippen LogP contribution in [0.2, 0.25) is 0 Å². The Morgan fingerprint density at radius 2 is 2.08 bits per heavy atom. The SMILES string of the molecule is CCc1oc(C(=O)NC2(C)CCCc3ccccc32)cc1C(=O)O. The van der Waals surface area contributed by atoms with E-state index in [9.17, 15) is 14.7 Å². The molecule has 1 heterocycles. The molecule has 24 heavy (non-hydrogen) atoms. The van der Waals surface area contributed by atoms with E-state index in [1.165, 1.54) is 11.6 Å². The maximum Gasteiger partial charge on any atom is 0.339 e. The average Bonchev–Trinajstić information content (AvgIpc) is 3.00. The summed E-state index contributed by atoms with van der Waals surface area (Å²) in [5.74, 6) is -1.09. The maximum atomic E-state index is 12.6. The van der Waals surface area contributed by atoms with Crippen molar-refractivity contribution in [2.24, 2.45) is 0 Å². The van der Waals surface area contributed by atoms with Gasteiger partial charge >= 0.3 is 5.97 Å². The normalized spacial score (nSPS) is 19.6. The van der Waals surface area contributed by atoms with E-state index in [4.69, 9.17) is 4.42 Å². The van der Waals surface area contributed by atoms with E-state index in [1.54, 1.807) is 6.92 Å². The minimum atomic E-state index is -1.08. The van der Waals surface area contributed by atoms with Crippen molar-refractivity contribution in [2.75, 3.05) is 0 Å². The summed E-state index contributed by atoms with van der Waals surface area (Å²) in [6.45, 7) is 3.80. The van der Waals surface area contributed by atoms with Crippen LogP contribution in [0.4, 0.5) is 0 Å². The van der Waals surface area contributed by atoms with Crippen LogP contribution in [0.3, 0.4) is 0 Å². The lowest BCUT2D eigenvalue weighted by Crippen LogP contribution is -2.45. The fraction of sp³-hybridized carbons (Fsp3) is 0.368. The number of carboxylic acids is 1. The van der Waals surface area contributed by atoms with Gasteiger partial charge in [-0.15, -0.1) is 0 Å². The Kier molecular flexibility index (Phi) is 4.18. The van der Waals surface area contributed by atoms with E-state index >= 15 is 0 Å². The number of hydrogen-bond acceptors (Lipinski definition) is 3. The second-order valence-corrected chi connectivity index (χ2v) is 6.40. The van der Waals surface area contributed by atoms with Crippen LogP contribution < -0.4 is 5.32 Å². The second-order valence-electron chi connectivity index (χ2n) is 6.40. The minimum Gasteiger partial charge on any atom is -0.478 e. The first-order chi connectivity index (χ1) is 11.4. The van der Waals surface area contributed by atoms with Crippen molar-refractivity contribution >= 4 is 11.9 Å². The van der Waals surface area contributed by atoms with Crippen molar-refractivity contribution < 1.29 is 19.1 Å². The Hall–Kier alpha value is -2.56. The summed E-state index contributed by atoms with van der Waals surface area (Å²) in [6.07, 6.45) is 3.26. The zero-order valence-electron chi connectivity index (χ0n) is 13.9. The molecule has 1 unspecified atom stereocenters. The number of rotatable bonds is 4. The Bertz CT molecular complexity index is 792. The number of carboxylic acid groups (broad SMARTS) is 1. The summed E-state index contributed by atoms with van der Waals surface area (Å²) in [5, 5.41) is 12.2. The van der Waals surface area contributed by atoms with E-state index in [0.717, 1.165) is 24.8 Å². The smallest absolute Gasteiger partial charge is 0.339 e.